The largest absolute Gasteiger partial charge is 0.286 e. The van der Waals surface area contributed by atoms with Crippen molar-refractivity contribution in [1.29, 1.82) is 0 Å². The van der Waals surface area contributed by atoms with Crippen LogP contribution in [0.3, 0.4) is 0 Å². The van der Waals surface area contributed by atoms with Gasteiger partial charge < -0.3 is 0 Å². The van der Waals surface area contributed by atoms with Crippen molar-refractivity contribution in [3.05, 3.63) is 11.5 Å². The van der Waals surface area contributed by atoms with Crippen LogP contribution in [-0.2, 0) is 0 Å². The van der Waals surface area contributed by atoms with Gasteiger partial charge in [-0.15, -0.1) is 0 Å². The van der Waals surface area contributed by atoms with E-state index in [9.17, 15) is 0 Å². The molecule has 0 heterocycles. The Balaban J connectivity index is 3.40. The first-order valence-electron chi connectivity index (χ1n) is 2.52. The van der Waals surface area contributed by atoms with E-state index in [2.05, 4.69) is 4.99 Å². The maximum Gasteiger partial charge on any atom is 0.0683 e. The minimum atomic E-state index is 1.10. The van der Waals surface area contributed by atoms with Crippen LogP contribution in [-0.4, -0.2) is 12.1 Å². The highest BCUT2D eigenvalue weighted by Gasteiger charge is 1.80. The molecule has 2 heteroatoms. The van der Waals surface area contributed by atoms with Crippen LogP contribution >= 0.6 is 11.8 Å². The molecule has 0 aliphatic rings. The predicted molar refractivity (Wildman–Crippen MR) is 41.4 cm³/mol. The summed E-state index contributed by atoms with van der Waals surface area (Å²) in [6, 6.07) is 0. The third-order valence-corrected chi connectivity index (χ3v) is 1.62. The SMILES string of the molecule is C/C=C\SC(C)=NC. The Hall–Kier alpha value is -0.240. The lowest BCUT2D eigenvalue weighted by molar-refractivity contribution is 1.45. The normalized spacial score (nSPS) is 13.1. The lowest BCUT2D eigenvalue weighted by Crippen LogP contribution is -1.76. The van der Waals surface area contributed by atoms with Crippen molar-refractivity contribution in [2.45, 2.75) is 13.8 Å². The molecule has 0 fully saturated rings. The van der Waals surface area contributed by atoms with Crippen molar-refractivity contribution < 1.29 is 0 Å². The summed E-state index contributed by atoms with van der Waals surface area (Å²) in [6.07, 6.45) is 2.00. The predicted octanol–water partition coefficient (Wildman–Crippen LogP) is 2.30. The quantitative estimate of drug-likeness (QED) is 0.391. The van der Waals surface area contributed by atoms with E-state index in [0.717, 1.165) is 5.04 Å². The van der Waals surface area contributed by atoms with Gasteiger partial charge in [0.2, 0.25) is 0 Å². The molecular formula is C6H11NS. The van der Waals surface area contributed by atoms with E-state index >= 15 is 0 Å². The van der Waals surface area contributed by atoms with Gasteiger partial charge in [-0.2, -0.15) is 0 Å². The zero-order chi connectivity index (χ0) is 6.41. The lowest BCUT2D eigenvalue weighted by Gasteiger charge is -1.87. The van der Waals surface area contributed by atoms with Crippen LogP contribution in [0.15, 0.2) is 16.5 Å². The molecule has 0 N–H and O–H groups in total. The van der Waals surface area contributed by atoms with Gasteiger partial charge in [0, 0.05) is 7.05 Å². The molecule has 8 heavy (non-hydrogen) atoms. The average Bonchev–Trinajstić information content (AvgIpc) is 1.83. The molecule has 0 saturated heterocycles. The highest BCUT2D eigenvalue weighted by Crippen LogP contribution is 2.03. The van der Waals surface area contributed by atoms with Crippen LogP contribution in [0, 0.1) is 0 Å². The van der Waals surface area contributed by atoms with Gasteiger partial charge in [0.05, 0.1) is 5.04 Å². The second kappa shape index (κ2) is 4.91. The van der Waals surface area contributed by atoms with Crippen LogP contribution in [0.5, 0.6) is 0 Å². The smallest absolute Gasteiger partial charge is 0.0683 e. The van der Waals surface area contributed by atoms with E-state index < -0.39 is 0 Å². The fourth-order valence-electron chi connectivity index (χ4n) is 0.219. The summed E-state index contributed by atoms with van der Waals surface area (Å²) in [5.74, 6) is 0. The molecule has 0 saturated carbocycles. The molecule has 0 aliphatic carbocycles. The number of allylic oxidation sites excluding steroid dienone is 1. The van der Waals surface area contributed by atoms with Crippen LogP contribution in [0.25, 0.3) is 0 Å². The Morgan fingerprint density at radius 2 is 2.25 bits per heavy atom. The molecule has 0 unspecified atom stereocenters. The highest BCUT2D eigenvalue weighted by molar-refractivity contribution is 8.16. The minimum Gasteiger partial charge on any atom is -0.286 e. The average molecular weight is 129 g/mol. The number of hydrogen-bond acceptors (Lipinski definition) is 2. The number of hydrogen-bond donors (Lipinski definition) is 0. The number of aliphatic imine (C=N–C) groups is 1. The third kappa shape index (κ3) is 3.93. The van der Waals surface area contributed by atoms with Crippen molar-refractivity contribution >= 4 is 16.8 Å². The zero-order valence-electron chi connectivity index (χ0n) is 5.51. The fraction of sp³-hybridized carbons (Fsp3) is 0.500. The van der Waals surface area contributed by atoms with Crippen molar-refractivity contribution in [3.8, 4) is 0 Å². The maximum atomic E-state index is 3.95. The molecular weight excluding hydrogens is 118 g/mol. The first kappa shape index (κ1) is 7.76. The maximum absolute atomic E-state index is 3.95. The van der Waals surface area contributed by atoms with Crippen LogP contribution in [0.4, 0.5) is 0 Å². The Labute approximate surface area is 54.9 Å². The van der Waals surface area contributed by atoms with E-state index in [1.807, 2.05) is 25.3 Å². The molecule has 0 amide bonds. The van der Waals surface area contributed by atoms with E-state index in [0.29, 0.717) is 0 Å². The summed E-state index contributed by atoms with van der Waals surface area (Å²) in [7, 11) is 1.80. The number of nitrogens with zero attached hydrogens (tertiary/aromatic N) is 1. The standard InChI is InChI=1S/C6H11NS/c1-4-5-8-6(2)7-3/h4-5H,1-3H3/b5-4-,7-6?. The zero-order valence-corrected chi connectivity index (χ0v) is 6.33. The van der Waals surface area contributed by atoms with Crippen LogP contribution in [0.2, 0.25) is 0 Å². The van der Waals surface area contributed by atoms with E-state index in [-0.39, 0.29) is 0 Å². The molecule has 0 atom stereocenters. The van der Waals surface area contributed by atoms with Gasteiger partial charge in [0.1, 0.15) is 0 Å². The summed E-state index contributed by atoms with van der Waals surface area (Å²) in [5.41, 5.74) is 0. The van der Waals surface area contributed by atoms with Gasteiger partial charge in [0.15, 0.2) is 0 Å². The van der Waals surface area contributed by atoms with Crippen molar-refractivity contribution in [2.75, 3.05) is 7.05 Å². The van der Waals surface area contributed by atoms with Gasteiger partial charge in [-0.05, 0) is 19.3 Å². The Morgan fingerprint density at radius 1 is 1.62 bits per heavy atom. The van der Waals surface area contributed by atoms with Gasteiger partial charge >= 0.3 is 0 Å². The summed E-state index contributed by atoms with van der Waals surface area (Å²) < 4.78 is 0. The first-order chi connectivity index (χ1) is 3.81. The third-order valence-electron chi connectivity index (χ3n) is 0.690. The summed E-state index contributed by atoms with van der Waals surface area (Å²) in [6.45, 7) is 3.99. The molecule has 0 radical (unpaired) electrons. The van der Waals surface area contributed by atoms with Gasteiger partial charge in [-0.1, -0.05) is 17.8 Å². The van der Waals surface area contributed by atoms with E-state index in [4.69, 9.17) is 0 Å². The molecule has 0 aromatic carbocycles. The molecule has 0 aromatic heterocycles. The van der Waals surface area contributed by atoms with Gasteiger partial charge in [-0.25, -0.2) is 0 Å². The first-order valence-corrected chi connectivity index (χ1v) is 3.40. The second-order valence-corrected chi connectivity index (χ2v) is 2.43. The summed E-state index contributed by atoms with van der Waals surface area (Å²) in [5, 5.41) is 3.12. The van der Waals surface area contributed by atoms with Crippen molar-refractivity contribution in [3.63, 3.8) is 0 Å². The van der Waals surface area contributed by atoms with Crippen LogP contribution in [0.1, 0.15) is 13.8 Å². The summed E-state index contributed by atoms with van der Waals surface area (Å²) in [4.78, 5) is 3.95. The highest BCUT2D eigenvalue weighted by atomic mass is 32.2. The lowest BCUT2D eigenvalue weighted by atomic mass is 10.8. The number of rotatable bonds is 1. The molecule has 0 rings (SSSR count). The Bertz CT molecular complexity index is 105. The fourth-order valence-corrected chi connectivity index (χ4v) is 0.658. The molecule has 0 bridgehead atoms. The minimum absolute atomic E-state index is 1.10. The number of thioether (sulfide) groups is 1. The monoisotopic (exact) mass is 129 g/mol. The second-order valence-electron chi connectivity index (χ2n) is 1.33. The topological polar surface area (TPSA) is 12.4 Å². The molecule has 0 aliphatic heterocycles. The molecule has 0 aromatic rings. The van der Waals surface area contributed by atoms with Crippen LogP contribution < -0.4 is 0 Å². The molecule has 1 nitrogen and oxygen atoms in total. The molecule has 0 spiro atoms. The molecule has 46 valence electrons. The Kier molecular flexibility index (Phi) is 4.76. The Morgan fingerprint density at radius 3 is 2.62 bits per heavy atom. The van der Waals surface area contributed by atoms with E-state index in [1.54, 1.807) is 18.8 Å². The van der Waals surface area contributed by atoms with Gasteiger partial charge in [-0.3, -0.25) is 4.99 Å². The van der Waals surface area contributed by atoms with Crippen molar-refractivity contribution in [2.24, 2.45) is 4.99 Å². The van der Waals surface area contributed by atoms with E-state index in [1.165, 1.54) is 0 Å². The summed E-state index contributed by atoms with van der Waals surface area (Å²) >= 11 is 1.65. The van der Waals surface area contributed by atoms with Crippen molar-refractivity contribution in [1.82, 2.24) is 0 Å². The van der Waals surface area contributed by atoms with Gasteiger partial charge in [0.25, 0.3) is 0 Å².